The van der Waals surface area contributed by atoms with Gasteiger partial charge in [-0.2, -0.15) is 0 Å². The number of piperazine rings is 1. The number of aromatic nitrogens is 4. The largest absolute Gasteiger partial charge is 0.481 e. The lowest BCUT2D eigenvalue weighted by Crippen LogP contribution is -2.46. The van der Waals surface area contributed by atoms with E-state index in [1.165, 1.54) is 0 Å². The molecule has 3 aromatic heterocycles. The van der Waals surface area contributed by atoms with Crippen LogP contribution in [0.3, 0.4) is 0 Å². The van der Waals surface area contributed by atoms with Crippen molar-refractivity contribution >= 4 is 16.9 Å². The molecule has 0 saturated carbocycles. The summed E-state index contributed by atoms with van der Waals surface area (Å²) in [5, 5.41) is 1.12. The van der Waals surface area contributed by atoms with E-state index in [4.69, 9.17) is 4.74 Å². The highest BCUT2D eigenvalue weighted by atomic mass is 16.5. The quantitative estimate of drug-likeness (QED) is 0.722. The van der Waals surface area contributed by atoms with Crippen molar-refractivity contribution < 1.29 is 4.74 Å². The van der Waals surface area contributed by atoms with Gasteiger partial charge in [0.25, 0.3) is 0 Å². The summed E-state index contributed by atoms with van der Waals surface area (Å²) in [6, 6.07) is 8.01. The molecule has 0 bridgehead atoms. The van der Waals surface area contributed by atoms with Crippen LogP contribution >= 0.6 is 0 Å². The van der Waals surface area contributed by atoms with E-state index < -0.39 is 0 Å². The van der Waals surface area contributed by atoms with Gasteiger partial charge in [0.1, 0.15) is 17.8 Å². The number of ether oxygens (including phenoxy) is 1. The Balaban J connectivity index is 1.44. The van der Waals surface area contributed by atoms with Gasteiger partial charge in [-0.15, -0.1) is 0 Å². The molecule has 0 spiro atoms. The average molecular weight is 338 g/mol. The van der Waals surface area contributed by atoms with Gasteiger partial charge in [-0.1, -0.05) is 6.07 Å². The number of aryl methyl sites for hydroxylation is 1. The lowest BCUT2D eigenvalue weighted by molar-refractivity contribution is 0.245. The molecule has 0 aromatic carbocycles. The molecular formula is C18H22N6O. The molecule has 4 rings (SSSR count). The van der Waals surface area contributed by atoms with Crippen LogP contribution in [0.4, 0.5) is 5.82 Å². The number of methoxy groups -OCH3 is 1. The van der Waals surface area contributed by atoms with Gasteiger partial charge >= 0.3 is 0 Å². The molecule has 130 valence electrons. The molecule has 0 amide bonds. The third-order valence-electron chi connectivity index (χ3n) is 4.69. The second-order valence-corrected chi connectivity index (χ2v) is 6.30. The molecule has 7 nitrogen and oxygen atoms in total. The number of hydrogen-bond donors (Lipinski definition) is 0. The highest BCUT2D eigenvalue weighted by Gasteiger charge is 2.21. The van der Waals surface area contributed by atoms with E-state index in [2.05, 4.69) is 30.8 Å². The summed E-state index contributed by atoms with van der Waals surface area (Å²) in [6.07, 6.45) is 3.69. The van der Waals surface area contributed by atoms with Gasteiger partial charge in [0.15, 0.2) is 0 Å². The smallest absolute Gasteiger partial charge is 0.213 e. The van der Waals surface area contributed by atoms with Crippen LogP contribution in [0.25, 0.3) is 11.0 Å². The van der Waals surface area contributed by atoms with Crippen LogP contribution in [-0.4, -0.2) is 57.7 Å². The van der Waals surface area contributed by atoms with E-state index >= 15 is 0 Å². The Bertz CT molecular complexity index is 869. The summed E-state index contributed by atoms with van der Waals surface area (Å²) in [6.45, 7) is 4.71. The first-order valence-electron chi connectivity index (χ1n) is 8.48. The van der Waals surface area contributed by atoms with Crippen molar-refractivity contribution in [1.29, 1.82) is 0 Å². The minimum atomic E-state index is 0.670. The van der Waals surface area contributed by atoms with Crippen molar-refractivity contribution in [3.63, 3.8) is 0 Å². The number of hydrogen-bond acceptors (Lipinski definition) is 6. The van der Waals surface area contributed by atoms with Crippen LogP contribution in [-0.2, 0) is 13.6 Å². The zero-order valence-corrected chi connectivity index (χ0v) is 14.6. The van der Waals surface area contributed by atoms with Crippen molar-refractivity contribution in [3.05, 3.63) is 42.5 Å². The van der Waals surface area contributed by atoms with E-state index in [0.717, 1.165) is 55.3 Å². The molecule has 3 aromatic rings. The standard InChI is InChI=1S/C18H22N6O/c1-22-7-6-15-17(22)19-13-20-18(15)24-10-8-23(9-11-24)12-14-4-3-5-16(21-14)25-2/h3-7,13H,8-12H2,1-2H3. The van der Waals surface area contributed by atoms with E-state index in [-0.39, 0.29) is 0 Å². The molecule has 25 heavy (non-hydrogen) atoms. The Morgan fingerprint density at radius 1 is 1.08 bits per heavy atom. The van der Waals surface area contributed by atoms with Gasteiger partial charge in [-0.05, 0) is 12.1 Å². The molecule has 4 heterocycles. The molecule has 1 fully saturated rings. The zero-order chi connectivity index (χ0) is 17.2. The Morgan fingerprint density at radius 2 is 1.92 bits per heavy atom. The molecule has 0 atom stereocenters. The minimum Gasteiger partial charge on any atom is -0.481 e. The van der Waals surface area contributed by atoms with E-state index in [1.807, 2.05) is 36.0 Å². The summed E-state index contributed by atoms with van der Waals surface area (Å²) >= 11 is 0. The summed E-state index contributed by atoms with van der Waals surface area (Å²) in [7, 11) is 3.66. The van der Waals surface area contributed by atoms with Crippen LogP contribution < -0.4 is 9.64 Å². The lowest BCUT2D eigenvalue weighted by Gasteiger charge is -2.35. The maximum Gasteiger partial charge on any atom is 0.213 e. The van der Waals surface area contributed by atoms with Crippen molar-refractivity contribution in [1.82, 2.24) is 24.4 Å². The van der Waals surface area contributed by atoms with Crippen LogP contribution in [0.2, 0.25) is 0 Å². The third kappa shape index (κ3) is 3.15. The summed E-state index contributed by atoms with van der Waals surface area (Å²) in [4.78, 5) is 18.2. The van der Waals surface area contributed by atoms with E-state index in [0.29, 0.717) is 5.88 Å². The van der Waals surface area contributed by atoms with Crippen LogP contribution in [0.15, 0.2) is 36.8 Å². The Labute approximate surface area is 146 Å². The van der Waals surface area contributed by atoms with Gasteiger partial charge in [0.05, 0.1) is 18.2 Å². The highest BCUT2D eigenvalue weighted by molar-refractivity contribution is 5.87. The Morgan fingerprint density at radius 3 is 2.72 bits per heavy atom. The first-order valence-corrected chi connectivity index (χ1v) is 8.48. The summed E-state index contributed by atoms with van der Waals surface area (Å²) in [5.74, 6) is 1.70. The second kappa shape index (κ2) is 6.68. The van der Waals surface area contributed by atoms with Crippen molar-refractivity contribution in [2.24, 2.45) is 7.05 Å². The fraction of sp³-hybridized carbons (Fsp3) is 0.389. The van der Waals surface area contributed by atoms with Crippen molar-refractivity contribution in [3.8, 4) is 5.88 Å². The molecule has 1 aliphatic rings. The van der Waals surface area contributed by atoms with Crippen molar-refractivity contribution in [2.75, 3.05) is 38.2 Å². The molecule has 1 saturated heterocycles. The van der Waals surface area contributed by atoms with Crippen LogP contribution in [0.1, 0.15) is 5.69 Å². The van der Waals surface area contributed by atoms with Gasteiger partial charge in [-0.25, -0.2) is 15.0 Å². The van der Waals surface area contributed by atoms with Gasteiger partial charge in [0, 0.05) is 52.0 Å². The molecule has 0 unspecified atom stereocenters. The Kier molecular flexibility index (Phi) is 4.23. The number of fused-ring (bicyclic) bond motifs is 1. The van der Waals surface area contributed by atoms with E-state index in [1.54, 1.807) is 13.4 Å². The molecule has 1 aliphatic heterocycles. The third-order valence-corrected chi connectivity index (χ3v) is 4.69. The molecule has 0 aliphatic carbocycles. The van der Waals surface area contributed by atoms with Crippen LogP contribution in [0.5, 0.6) is 5.88 Å². The zero-order valence-electron chi connectivity index (χ0n) is 14.6. The normalized spacial score (nSPS) is 15.7. The first kappa shape index (κ1) is 15.8. The Hall–Kier alpha value is -2.67. The van der Waals surface area contributed by atoms with E-state index in [9.17, 15) is 0 Å². The van der Waals surface area contributed by atoms with Crippen LogP contribution in [0, 0.1) is 0 Å². The number of nitrogens with zero attached hydrogens (tertiary/aromatic N) is 6. The molecular weight excluding hydrogens is 316 g/mol. The van der Waals surface area contributed by atoms with Gasteiger partial charge in [0.2, 0.25) is 5.88 Å². The molecule has 0 radical (unpaired) electrons. The van der Waals surface area contributed by atoms with Gasteiger partial charge in [-0.3, -0.25) is 4.90 Å². The van der Waals surface area contributed by atoms with Gasteiger partial charge < -0.3 is 14.2 Å². The predicted molar refractivity (Wildman–Crippen MR) is 96.8 cm³/mol. The number of pyridine rings is 1. The fourth-order valence-electron chi connectivity index (χ4n) is 3.32. The average Bonchev–Trinajstić information content (AvgIpc) is 3.04. The topological polar surface area (TPSA) is 59.3 Å². The monoisotopic (exact) mass is 338 g/mol. The maximum absolute atomic E-state index is 5.21. The minimum absolute atomic E-state index is 0.670. The fourth-order valence-corrected chi connectivity index (χ4v) is 3.32. The molecule has 7 heteroatoms. The summed E-state index contributed by atoms with van der Waals surface area (Å²) in [5.41, 5.74) is 2.02. The highest BCUT2D eigenvalue weighted by Crippen LogP contribution is 2.24. The van der Waals surface area contributed by atoms with Crippen molar-refractivity contribution in [2.45, 2.75) is 6.54 Å². The maximum atomic E-state index is 5.21. The second-order valence-electron chi connectivity index (χ2n) is 6.30. The number of rotatable bonds is 4. The predicted octanol–water partition coefficient (Wildman–Crippen LogP) is 1.69. The molecule has 0 N–H and O–H groups in total. The first-order chi connectivity index (χ1) is 12.2. The number of anilines is 1. The SMILES string of the molecule is COc1cccc(CN2CCN(c3ncnc4c3ccn4C)CC2)n1. The summed E-state index contributed by atoms with van der Waals surface area (Å²) < 4.78 is 7.24. The lowest BCUT2D eigenvalue weighted by atomic mass is 10.2.